The molecular formula is C16H19Cl2N3. The van der Waals surface area contributed by atoms with E-state index in [9.17, 15) is 0 Å². The topological polar surface area (TPSA) is 37.8 Å². The van der Waals surface area contributed by atoms with Gasteiger partial charge >= 0.3 is 0 Å². The molecule has 5 heteroatoms. The van der Waals surface area contributed by atoms with E-state index in [0.29, 0.717) is 5.02 Å². The molecule has 1 N–H and O–H groups in total. The monoisotopic (exact) mass is 323 g/mol. The largest absolute Gasteiger partial charge is 0.308 e. The zero-order chi connectivity index (χ0) is 15.2. The van der Waals surface area contributed by atoms with Gasteiger partial charge in [0.15, 0.2) is 0 Å². The van der Waals surface area contributed by atoms with E-state index in [0.717, 1.165) is 41.5 Å². The lowest BCUT2D eigenvalue weighted by Crippen LogP contribution is -2.25. The van der Waals surface area contributed by atoms with Gasteiger partial charge in [0, 0.05) is 16.2 Å². The normalized spacial score (nSPS) is 12.4. The molecule has 0 amide bonds. The van der Waals surface area contributed by atoms with Crippen LogP contribution in [0.3, 0.4) is 0 Å². The number of aryl methyl sites for hydroxylation is 1. The van der Waals surface area contributed by atoms with E-state index in [1.165, 1.54) is 0 Å². The molecule has 3 nitrogen and oxygen atoms in total. The molecule has 0 aliphatic heterocycles. The van der Waals surface area contributed by atoms with Crippen LogP contribution in [0.5, 0.6) is 0 Å². The highest BCUT2D eigenvalue weighted by molar-refractivity contribution is 6.33. The van der Waals surface area contributed by atoms with E-state index < -0.39 is 0 Å². The average molecular weight is 324 g/mol. The Labute approximate surface area is 135 Å². The third kappa shape index (κ3) is 4.67. The molecule has 0 saturated heterocycles. The molecule has 2 aromatic rings. The molecule has 112 valence electrons. The first-order chi connectivity index (χ1) is 10.1. The first-order valence-electron chi connectivity index (χ1n) is 7.07. The summed E-state index contributed by atoms with van der Waals surface area (Å²) in [6.07, 6.45) is 3.59. The van der Waals surface area contributed by atoms with Crippen LogP contribution in [0.25, 0.3) is 0 Å². The van der Waals surface area contributed by atoms with E-state index in [4.69, 9.17) is 23.2 Å². The number of hydrogen-bond acceptors (Lipinski definition) is 3. The fourth-order valence-corrected chi connectivity index (χ4v) is 2.58. The van der Waals surface area contributed by atoms with Crippen LogP contribution in [-0.2, 0) is 6.42 Å². The van der Waals surface area contributed by atoms with Crippen LogP contribution in [0.1, 0.15) is 36.5 Å². The highest BCUT2D eigenvalue weighted by atomic mass is 35.5. The SMILES string of the molecule is CCCNC(Cc1cc(Cl)ccc1Cl)c1ccnc(C)n1. The Balaban J connectivity index is 2.25. The second-order valence-electron chi connectivity index (χ2n) is 4.98. The summed E-state index contributed by atoms with van der Waals surface area (Å²) in [5, 5.41) is 4.94. The van der Waals surface area contributed by atoms with Crippen LogP contribution in [0.2, 0.25) is 10.0 Å². The van der Waals surface area contributed by atoms with Crippen LogP contribution in [0.15, 0.2) is 30.5 Å². The van der Waals surface area contributed by atoms with Crippen molar-refractivity contribution >= 4 is 23.2 Å². The summed E-state index contributed by atoms with van der Waals surface area (Å²) < 4.78 is 0. The molecule has 1 unspecified atom stereocenters. The Morgan fingerprint density at radius 2 is 2.05 bits per heavy atom. The number of aromatic nitrogens is 2. The molecule has 1 aromatic carbocycles. The first kappa shape index (κ1) is 16.2. The fourth-order valence-electron chi connectivity index (χ4n) is 2.19. The molecule has 0 fully saturated rings. The molecular weight excluding hydrogens is 305 g/mol. The number of nitrogens with zero attached hydrogens (tertiary/aromatic N) is 2. The van der Waals surface area contributed by atoms with E-state index in [1.807, 2.05) is 25.1 Å². The Kier molecular flexibility index (Phi) is 5.97. The van der Waals surface area contributed by atoms with Crippen molar-refractivity contribution in [3.63, 3.8) is 0 Å². The molecule has 1 atom stereocenters. The number of halogens is 2. The van der Waals surface area contributed by atoms with Gasteiger partial charge in [-0.3, -0.25) is 0 Å². The van der Waals surface area contributed by atoms with Crippen LogP contribution >= 0.6 is 23.2 Å². The van der Waals surface area contributed by atoms with Gasteiger partial charge < -0.3 is 5.32 Å². The lowest BCUT2D eigenvalue weighted by Gasteiger charge is -2.19. The van der Waals surface area contributed by atoms with E-state index in [1.54, 1.807) is 12.3 Å². The van der Waals surface area contributed by atoms with Gasteiger partial charge in [-0.2, -0.15) is 0 Å². The molecule has 0 bridgehead atoms. The zero-order valence-corrected chi connectivity index (χ0v) is 13.7. The maximum Gasteiger partial charge on any atom is 0.125 e. The summed E-state index contributed by atoms with van der Waals surface area (Å²) in [6, 6.07) is 7.60. The molecule has 0 radical (unpaired) electrons. The van der Waals surface area contributed by atoms with Gasteiger partial charge in [-0.1, -0.05) is 30.1 Å². The molecule has 21 heavy (non-hydrogen) atoms. The minimum absolute atomic E-state index is 0.0996. The summed E-state index contributed by atoms with van der Waals surface area (Å²) in [5.74, 6) is 0.771. The second-order valence-corrected chi connectivity index (χ2v) is 5.82. The van der Waals surface area contributed by atoms with Crippen molar-refractivity contribution in [1.29, 1.82) is 0 Å². The van der Waals surface area contributed by atoms with Gasteiger partial charge in [0.05, 0.1) is 11.7 Å². The van der Waals surface area contributed by atoms with E-state index >= 15 is 0 Å². The van der Waals surface area contributed by atoms with Gasteiger partial charge in [0.2, 0.25) is 0 Å². The number of hydrogen-bond donors (Lipinski definition) is 1. The van der Waals surface area contributed by atoms with Crippen LogP contribution in [-0.4, -0.2) is 16.5 Å². The van der Waals surface area contributed by atoms with Gasteiger partial charge in [-0.15, -0.1) is 0 Å². The highest BCUT2D eigenvalue weighted by Crippen LogP contribution is 2.25. The maximum atomic E-state index is 6.27. The van der Waals surface area contributed by atoms with Crippen molar-refractivity contribution in [1.82, 2.24) is 15.3 Å². The van der Waals surface area contributed by atoms with Crippen molar-refractivity contribution in [2.24, 2.45) is 0 Å². The van der Waals surface area contributed by atoms with E-state index in [-0.39, 0.29) is 6.04 Å². The maximum absolute atomic E-state index is 6.27. The second kappa shape index (κ2) is 7.74. The zero-order valence-electron chi connectivity index (χ0n) is 12.2. The standard InChI is InChI=1S/C16H19Cl2N3/c1-3-7-20-16(15-6-8-19-11(2)21-15)10-12-9-13(17)4-5-14(12)18/h4-6,8-9,16,20H,3,7,10H2,1-2H3. The van der Waals surface area contributed by atoms with Gasteiger partial charge in [0.25, 0.3) is 0 Å². The molecule has 2 rings (SSSR count). The van der Waals surface area contributed by atoms with Crippen molar-refractivity contribution in [2.75, 3.05) is 6.54 Å². The highest BCUT2D eigenvalue weighted by Gasteiger charge is 2.15. The predicted octanol–water partition coefficient (Wildman–Crippen LogP) is 4.38. The molecule has 0 spiro atoms. The Morgan fingerprint density at radius 1 is 1.24 bits per heavy atom. The van der Waals surface area contributed by atoms with Crippen LogP contribution < -0.4 is 5.32 Å². The Morgan fingerprint density at radius 3 is 2.76 bits per heavy atom. The van der Waals surface area contributed by atoms with Gasteiger partial charge in [-0.25, -0.2) is 9.97 Å². The van der Waals surface area contributed by atoms with Crippen LogP contribution in [0, 0.1) is 6.92 Å². The summed E-state index contributed by atoms with van der Waals surface area (Å²) in [7, 11) is 0. The predicted molar refractivity (Wildman–Crippen MR) is 88.0 cm³/mol. The van der Waals surface area contributed by atoms with Crippen molar-refractivity contribution in [2.45, 2.75) is 32.7 Å². The smallest absolute Gasteiger partial charge is 0.125 e. The third-order valence-corrected chi connectivity index (χ3v) is 3.83. The molecule has 1 aromatic heterocycles. The number of nitrogens with one attached hydrogen (secondary N) is 1. The molecule has 0 aliphatic carbocycles. The number of benzene rings is 1. The van der Waals surface area contributed by atoms with Crippen molar-refractivity contribution in [3.05, 3.63) is 57.6 Å². The van der Waals surface area contributed by atoms with Crippen LogP contribution in [0.4, 0.5) is 0 Å². The lowest BCUT2D eigenvalue weighted by atomic mass is 10.0. The number of rotatable bonds is 6. The summed E-state index contributed by atoms with van der Waals surface area (Å²) >= 11 is 12.3. The summed E-state index contributed by atoms with van der Waals surface area (Å²) in [4.78, 5) is 8.68. The Hall–Kier alpha value is -1.16. The summed E-state index contributed by atoms with van der Waals surface area (Å²) in [5.41, 5.74) is 2.00. The summed E-state index contributed by atoms with van der Waals surface area (Å²) in [6.45, 7) is 4.96. The van der Waals surface area contributed by atoms with Gasteiger partial charge in [0.1, 0.15) is 5.82 Å². The first-order valence-corrected chi connectivity index (χ1v) is 7.82. The minimum atomic E-state index is 0.0996. The molecule has 1 heterocycles. The fraction of sp³-hybridized carbons (Fsp3) is 0.375. The van der Waals surface area contributed by atoms with Crippen molar-refractivity contribution in [3.8, 4) is 0 Å². The molecule has 0 saturated carbocycles. The van der Waals surface area contributed by atoms with E-state index in [2.05, 4.69) is 22.2 Å². The van der Waals surface area contributed by atoms with Gasteiger partial charge in [-0.05, 0) is 56.1 Å². The lowest BCUT2D eigenvalue weighted by molar-refractivity contribution is 0.515. The quantitative estimate of drug-likeness (QED) is 0.857. The average Bonchev–Trinajstić information content (AvgIpc) is 2.47. The minimum Gasteiger partial charge on any atom is -0.308 e. The Bertz CT molecular complexity index is 602. The third-order valence-electron chi connectivity index (χ3n) is 3.23. The van der Waals surface area contributed by atoms with Crippen molar-refractivity contribution < 1.29 is 0 Å². The molecule has 0 aliphatic rings.